The summed E-state index contributed by atoms with van der Waals surface area (Å²) >= 11 is 0. The van der Waals surface area contributed by atoms with E-state index >= 15 is 0 Å². The third-order valence-electron chi connectivity index (χ3n) is 2.25. The van der Waals surface area contributed by atoms with E-state index in [1.54, 1.807) is 0 Å². The number of rotatable bonds is 6. The fraction of sp³-hybridized carbons (Fsp3) is 0.429. The van der Waals surface area contributed by atoms with Crippen LogP contribution in [0, 0.1) is 6.07 Å². The highest BCUT2D eigenvalue weighted by Crippen LogP contribution is 2.04. The molecule has 0 heteroatoms. The van der Waals surface area contributed by atoms with Gasteiger partial charge >= 0.3 is 0 Å². The number of aryl methyl sites for hydroxylation is 1. The van der Waals surface area contributed by atoms with Gasteiger partial charge in [0.05, 0.1) is 0 Å². The van der Waals surface area contributed by atoms with Crippen molar-refractivity contribution in [2.24, 2.45) is 0 Å². The Hall–Kier alpha value is -1.04. The second kappa shape index (κ2) is 7.37. The van der Waals surface area contributed by atoms with Crippen molar-refractivity contribution in [2.45, 2.75) is 39.0 Å². The molecule has 0 aliphatic rings. The van der Waals surface area contributed by atoms with Crippen molar-refractivity contribution < 1.29 is 0 Å². The van der Waals surface area contributed by atoms with Crippen LogP contribution in [0.3, 0.4) is 0 Å². The fourth-order valence-electron chi connectivity index (χ4n) is 1.41. The van der Waals surface area contributed by atoms with Crippen LogP contribution in [0.15, 0.2) is 36.4 Å². The maximum absolute atomic E-state index is 3.04. The van der Waals surface area contributed by atoms with Crippen molar-refractivity contribution in [1.82, 2.24) is 0 Å². The molecule has 0 aromatic heterocycles. The molecule has 1 aromatic rings. The predicted octanol–water partition coefficient (Wildman–Crippen LogP) is 4.17. The molecule has 0 aliphatic heterocycles. The van der Waals surface area contributed by atoms with Crippen LogP contribution in [-0.4, -0.2) is 0 Å². The third kappa shape index (κ3) is 4.86. The van der Waals surface area contributed by atoms with Gasteiger partial charge in [-0.05, 0) is 37.3 Å². The van der Waals surface area contributed by atoms with Gasteiger partial charge in [0.25, 0.3) is 0 Å². The lowest BCUT2D eigenvalue weighted by atomic mass is 10.1. The minimum Gasteiger partial charge on any atom is -0.0885 e. The van der Waals surface area contributed by atoms with Crippen LogP contribution in [0.25, 0.3) is 0 Å². The summed E-state index contributed by atoms with van der Waals surface area (Å²) in [6, 6.07) is 11.3. The Morgan fingerprint density at radius 1 is 1.14 bits per heavy atom. The van der Waals surface area contributed by atoms with Crippen LogP contribution in [0.4, 0.5) is 0 Å². The highest BCUT2D eigenvalue weighted by molar-refractivity contribution is 5.13. The quantitative estimate of drug-likeness (QED) is 0.463. The van der Waals surface area contributed by atoms with E-state index in [1.807, 2.05) is 12.1 Å². The van der Waals surface area contributed by atoms with E-state index in [2.05, 4.69) is 37.3 Å². The first kappa shape index (κ1) is 11.0. The average molecular weight is 187 g/mol. The molecule has 0 saturated heterocycles. The van der Waals surface area contributed by atoms with E-state index in [9.17, 15) is 0 Å². The Bertz CT molecular complexity index is 246. The second-order valence-electron chi connectivity index (χ2n) is 3.56. The SMILES string of the molecule is CCCC=CCCCc1cc[c]cc1. The number of hydrogen-bond donors (Lipinski definition) is 0. The summed E-state index contributed by atoms with van der Waals surface area (Å²) in [5, 5.41) is 0. The molecule has 1 aromatic carbocycles. The van der Waals surface area contributed by atoms with Gasteiger partial charge in [-0.1, -0.05) is 49.8 Å². The summed E-state index contributed by atoms with van der Waals surface area (Å²) in [6.07, 6.45) is 10.7. The zero-order valence-electron chi connectivity index (χ0n) is 9.00. The molecule has 0 N–H and O–H groups in total. The molecule has 0 atom stereocenters. The van der Waals surface area contributed by atoms with Gasteiger partial charge < -0.3 is 0 Å². The third-order valence-corrected chi connectivity index (χ3v) is 2.25. The summed E-state index contributed by atoms with van der Waals surface area (Å²) in [6.45, 7) is 2.21. The fourth-order valence-corrected chi connectivity index (χ4v) is 1.41. The zero-order valence-corrected chi connectivity index (χ0v) is 9.00. The van der Waals surface area contributed by atoms with Crippen molar-refractivity contribution in [3.8, 4) is 0 Å². The lowest BCUT2D eigenvalue weighted by molar-refractivity contribution is 0.836. The Morgan fingerprint density at radius 2 is 1.86 bits per heavy atom. The maximum Gasteiger partial charge on any atom is -0.0184 e. The van der Waals surface area contributed by atoms with Crippen LogP contribution >= 0.6 is 0 Å². The van der Waals surface area contributed by atoms with Crippen LogP contribution in [0.5, 0.6) is 0 Å². The summed E-state index contributed by atoms with van der Waals surface area (Å²) in [5.74, 6) is 0. The normalized spacial score (nSPS) is 10.9. The Balaban J connectivity index is 2.10. The molecule has 1 rings (SSSR count). The molecule has 0 amide bonds. The molecular weight excluding hydrogens is 168 g/mol. The molecule has 0 spiro atoms. The van der Waals surface area contributed by atoms with Gasteiger partial charge in [0.15, 0.2) is 0 Å². The standard InChI is InChI=1S/C14H19/c1-2-3-4-5-6-8-11-14-12-9-7-10-13-14/h4-5,9-10,12-13H,2-3,6,8,11H2,1H3. The molecule has 0 unspecified atom stereocenters. The van der Waals surface area contributed by atoms with Crippen LogP contribution in [-0.2, 0) is 6.42 Å². The maximum atomic E-state index is 3.04. The number of unbranched alkanes of at least 4 members (excludes halogenated alkanes) is 2. The van der Waals surface area contributed by atoms with Crippen molar-refractivity contribution in [3.63, 3.8) is 0 Å². The first-order valence-corrected chi connectivity index (χ1v) is 5.53. The first-order chi connectivity index (χ1) is 6.93. The van der Waals surface area contributed by atoms with Crippen molar-refractivity contribution in [1.29, 1.82) is 0 Å². The molecule has 0 aliphatic carbocycles. The number of hydrogen-bond acceptors (Lipinski definition) is 0. The summed E-state index contributed by atoms with van der Waals surface area (Å²) in [5.41, 5.74) is 1.42. The Morgan fingerprint density at radius 3 is 2.57 bits per heavy atom. The molecule has 14 heavy (non-hydrogen) atoms. The molecule has 1 radical (unpaired) electrons. The van der Waals surface area contributed by atoms with E-state index in [1.165, 1.54) is 37.7 Å². The van der Waals surface area contributed by atoms with Gasteiger partial charge in [-0.3, -0.25) is 0 Å². The highest BCUT2D eigenvalue weighted by atomic mass is 13.9. The van der Waals surface area contributed by atoms with Crippen molar-refractivity contribution in [2.75, 3.05) is 0 Å². The van der Waals surface area contributed by atoms with Gasteiger partial charge in [0, 0.05) is 0 Å². The molecule has 75 valence electrons. The Labute approximate surface area is 87.7 Å². The zero-order chi connectivity index (χ0) is 10.1. The monoisotopic (exact) mass is 187 g/mol. The average Bonchev–Trinajstić information content (AvgIpc) is 2.25. The molecule has 0 heterocycles. The van der Waals surface area contributed by atoms with Crippen molar-refractivity contribution in [3.05, 3.63) is 48.0 Å². The van der Waals surface area contributed by atoms with E-state index in [0.717, 1.165) is 0 Å². The van der Waals surface area contributed by atoms with E-state index < -0.39 is 0 Å². The molecule has 0 nitrogen and oxygen atoms in total. The highest BCUT2D eigenvalue weighted by Gasteiger charge is 1.89. The lowest BCUT2D eigenvalue weighted by Crippen LogP contribution is -1.82. The van der Waals surface area contributed by atoms with Crippen molar-refractivity contribution >= 4 is 0 Å². The van der Waals surface area contributed by atoms with Crippen LogP contribution in [0.1, 0.15) is 38.2 Å². The van der Waals surface area contributed by atoms with Gasteiger partial charge in [-0.15, -0.1) is 0 Å². The molecular formula is C14H19. The topological polar surface area (TPSA) is 0 Å². The predicted molar refractivity (Wildman–Crippen MR) is 62.3 cm³/mol. The van der Waals surface area contributed by atoms with Gasteiger partial charge in [-0.2, -0.15) is 0 Å². The minimum atomic E-state index is 1.19. The summed E-state index contributed by atoms with van der Waals surface area (Å²) in [7, 11) is 0. The van der Waals surface area contributed by atoms with Crippen LogP contribution < -0.4 is 0 Å². The lowest BCUT2D eigenvalue weighted by Gasteiger charge is -1.97. The van der Waals surface area contributed by atoms with Gasteiger partial charge in [0.1, 0.15) is 0 Å². The largest absolute Gasteiger partial charge is 0.0885 e. The van der Waals surface area contributed by atoms with Crippen LogP contribution in [0.2, 0.25) is 0 Å². The van der Waals surface area contributed by atoms with Gasteiger partial charge in [0.2, 0.25) is 0 Å². The molecule has 0 fully saturated rings. The summed E-state index contributed by atoms with van der Waals surface area (Å²) < 4.78 is 0. The minimum absolute atomic E-state index is 1.19. The number of benzene rings is 1. The van der Waals surface area contributed by atoms with E-state index in [0.29, 0.717) is 0 Å². The smallest absolute Gasteiger partial charge is 0.0184 e. The number of allylic oxidation sites excluding steroid dienone is 2. The summed E-state index contributed by atoms with van der Waals surface area (Å²) in [4.78, 5) is 0. The Kier molecular flexibility index (Phi) is 5.81. The van der Waals surface area contributed by atoms with Gasteiger partial charge in [-0.25, -0.2) is 0 Å². The van der Waals surface area contributed by atoms with E-state index in [4.69, 9.17) is 0 Å². The first-order valence-electron chi connectivity index (χ1n) is 5.53. The molecule has 0 bridgehead atoms. The van der Waals surface area contributed by atoms with E-state index in [-0.39, 0.29) is 0 Å². The second-order valence-corrected chi connectivity index (χ2v) is 3.56. The molecule has 0 saturated carbocycles.